The van der Waals surface area contributed by atoms with Gasteiger partial charge in [-0.3, -0.25) is 9.59 Å². The number of carbonyl (C=O) groups excluding carboxylic acids is 2. The van der Waals surface area contributed by atoms with Gasteiger partial charge in [-0.15, -0.1) is 0 Å². The predicted molar refractivity (Wildman–Crippen MR) is 129 cm³/mol. The lowest BCUT2D eigenvalue weighted by atomic mass is 9.72. The molecule has 1 aromatic carbocycles. The van der Waals surface area contributed by atoms with Gasteiger partial charge in [-0.25, -0.2) is 8.42 Å². The highest BCUT2D eigenvalue weighted by molar-refractivity contribution is 7.91. The summed E-state index contributed by atoms with van der Waals surface area (Å²) in [6.45, 7) is 7.63. The third-order valence-electron chi connectivity index (χ3n) is 7.23. The molecular weight excluding hydrogens is 456 g/mol. The first-order valence-corrected chi connectivity index (χ1v) is 13.8. The maximum absolute atomic E-state index is 13.4. The summed E-state index contributed by atoms with van der Waals surface area (Å²) >= 11 is 0. The van der Waals surface area contributed by atoms with Crippen LogP contribution in [0.15, 0.2) is 24.3 Å². The van der Waals surface area contributed by atoms with Gasteiger partial charge in [0.05, 0.1) is 11.5 Å². The number of nitrogens with zero attached hydrogens (tertiary/aromatic N) is 1. The first-order valence-electron chi connectivity index (χ1n) is 12.0. The molecule has 1 atom stereocenters. The van der Waals surface area contributed by atoms with Crippen molar-refractivity contribution in [1.29, 1.82) is 0 Å². The number of ketones is 1. The molecule has 0 bridgehead atoms. The first kappa shape index (κ1) is 26.6. The molecule has 3 rings (SSSR count). The van der Waals surface area contributed by atoms with Gasteiger partial charge in [-0.2, -0.15) is 5.06 Å². The van der Waals surface area contributed by atoms with E-state index in [0.717, 1.165) is 5.56 Å². The van der Waals surface area contributed by atoms with Crippen molar-refractivity contribution in [2.24, 2.45) is 11.8 Å². The normalized spacial score (nSPS) is 23.8. The van der Waals surface area contributed by atoms with Crippen LogP contribution in [0.1, 0.15) is 65.4 Å². The lowest BCUT2D eigenvalue weighted by molar-refractivity contribution is -0.249. The van der Waals surface area contributed by atoms with Crippen molar-refractivity contribution in [3.05, 3.63) is 29.8 Å². The number of Topliss-reactive ketones (excluding diaryl/α,β-unsaturated/α-hetero) is 1. The van der Waals surface area contributed by atoms with E-state index < -0.39 is 26.8 Å². The van der Waals surface area contributed by atoms with Gasteiger partial charge in [0.2, 0.25) is 5.91 Å². The molecular formula is C25H38N2O6S. The van der Waals surface area contributed by atoms with Gasteiger partial charge >= 0.3 is 0 Å². The van der Waals surface area contributed by atoms with Crippen LogP contribution < -0.4 is 5.32 Å². The Hall–Kier alpha value is -1.97. The van der Waals surface area contributed by atoms with E-state index in [-0.39, 0.29) is 47.3 Å². The topological polar surface area (TPSA) is 124 Å². The van der Waals surface area contributed by atoms with E-state index in [4.69, 9.17) is 0 Å². The molecule has 34 heavy (non-hydrogen) atoms. The highest BCUT2D eigenvalue weighted by Crippen LogP contribution is 2.41. The van der Waals surface area contributed by atoms with Crippen molar-refractivity contribution in [3.63, 3.8) is 0 Å². The van der Waals surface area contributed by atoms with Gasteiger partial charge in [0.15, 0.2) is 0 Å². The van der Waals surface area contributed by atoms with Crippen LogP contribution >= 0.6 is 0 Å². The number of phenols is 1. The molecule has 2 fully saturated rings. The Labute approximate surface area is 202 Å². The molecule has 2 aliphatic heterocycles. The minimum atomic E-state index is -3.04. The Kier molecular flexibility index (Phi) is 7.79. The minimum absolute atomic E-state index is 0.000555. The maximum atomic E-state index is 13.4. The average molecular weight is 495 g/mol. The molecule has 1 amide bonds. The molecule has 190 valence electrons. The highest BCUT2D eigenvalue weighted by Gasteiger charge is 2.47. The monoisotopic (exact) mass is 494 g/mol. The zero-order valence-electron chi connectivity index (χ0n) is 20.6. The van der Waals surface area contributed by atoms with Gasteiger partial charge < -0.3 is 15.6 Å². The number of nitrogens with one attached hydrogen (secondary N) is 1. The molecule has 3 N–H and O–H groups in total. The van der Waals surface area contributed by atoms with Crippen LogP contribution in [0.4, 0.5) is 0 Å². The zero-order valence-corrected chi connectivity index (χ0v) is 21.4. The van der Waals surface area contributed by atoms with Crippen LogP contribution in [-0.4, -0.2) is 64.1 Å². The lowest BCUT2D eigenvalue weighted by Crippen LogP contribution is -2.60. The van der Waals surface area contributed by atoms with Crippen molar-refractivity contribution in [2.75, 3.05) is 11.5 Å². The van der Waals surface area contributed by atoms with Crippen molar-refractivity contribution in [3.8, 4) is 5.75 Å². The SMILES string of the molecule is CC1(C)CC(C(=O)CC(Cc2ccc(O)cc2)C(=O)NC2CCS(=O)(=O)CC2)CC(C)(C)N1O. The number of amides is 1. The predicted octanol–water partition coefficient (Wildman–Crippen LogP) is 2.86. The van der Waals surface area contributed by atoms with Gasteiger partial charge in [-0.1, -0.05) is 12.1 Å². The molecule has 2 saturated heterocycles. The third-order valence-corrected chi connectivity index (χ3v) is 8.95. The molecule has 1 unspecified atom stereocenters. The first-order chi connectivity index (χ1) is 15.7. The number of sulfone groups is 1. The minimum Gasteiger partial charge on any atom is -0.508 e. The van der Waals surface area contributed by atoms with Crippen LogP contribution in [-0.2, 0) is 25.8 Å². The highest BCUT2D eigenvalue weighted by atomic mass is 32.2. The Morgan fingerprint density at radius 2 is 1.59 bits per heavy atom. The number of hydrogen-bond acceptors (Lipinski definition) is 7. The van der Waals surface area contributed by atoms with Gasteiger partial charge in [0.1, 0.15) is 21.4 Å². The summed E-state index contributed by atoms with van der Waals surface area (Å²) in [6.07, 6.45) is 2.17. The number of carbonyl (C=O) groups is 2. The lowest BCUT2D eigenvalue weighted by Gasteiger charge is -2.51. The smallest absolute Gasteiger partial charge is 0.224 e. The average Bonchev–Trinajstić information content (AvgIpc) is 2.74. The third kappa shape index (κ3) is 6.58. The number of hydrogen-bond donors (Lipinski definition) is 3. The van der Waals surface area contributed by atoms with Crippen LogP contribution in [0.5, 0.6) is 5.75 Å². The second-order valence-corrected chi connectivity index (χ2v) is 13.5. The van der Waals surface area contributed by atoms with E-state index in [1.165, 1.54) is 5.06 Å². The van der Waals surface area contributed by atoms with Crippen molar-refractivity contribution < 1.29 is 28.3 Å². The van der Waals surface area contributed by atoms with Crippen molar-refractivity contribution in [1.82, 2.24) is 10.4 Å². The molecule has 1 aromatic rings. The van der Waals surface area contributed by atoms with Crippen LogP contribution in [0.25, 0.3) is 0 Å². The molecule has 0 aliphatic carbocycles. The summed E-state index contributed by atoms with van der Waals surface area (Å²) in [7, 11) is -3.04. The number of rotatable bonds is 7. The van der Waals surface area contributed by atoms with Crippen LogP contribution in [0.3, 0.4) is 0 Å². The van der Waals surface area contributed by atoms with Crippen LogP contribution in [0, 0.1) is 11.8 Å². The summed E-state index contributed by atoms with van der Waals surface area (Å²) in [5.41, 5.74) is -0.294. The largest absolute Gasteiger partial charge is 0.508 e. The van der Waals surface area contributed by atoms with E-state index in [2.05, 4.69) is 5.32 Å². The summed E-state index contributed by atoms with van der Waals surface area (Å²) in [5.74, 6) is -0.877. The molecule has 0 radical (unpaired) electrons. The standard InChI is InChI=1S/C25H38N2O6S/c1-24(2)15-19(16-25(3,4)27(24)31)22(29)14-18(13-17-5-7-21(28)8-6-17)23(30)26-20-9-11-34(32,33)12-10-20/h5-8,18-20,28,31H,9-16H2,1-4H3,(H,26,30). The van der Waals surface area contributed by atoms with E-state index in [1.807, 2.05) is 27.7 Å². The van der Waals surface area contributed by atoms with Gasteiger partial charge in [0.25, 0.3) is 0 Å². The van der Waals surface area contributed by atoms with Crippen molar-refractivity contribution in [2.45, 2.75) is 83.3 Å². The summed E-state index contributed by atoms with van der Waals surface area (Å²) < 4.78 is 23.5. The number of aromatic hydroxyl groups is 1. The van der Waals surface area contributed by atoms with E-state index >= 15 is 0 Å². The number of piperidine rings is 1. The summed E-state index contributed by atoms with van der Waals surface area (Å²) in [5, 5.41) is 24.5. The number of hydroxylamine groups is 2. The Morgan fingerprint density at radius 1 is 1.06 bits per heavy atom. The van der Waals surface area contributed by atoms with Crippen LogP contribution in [0.2, 0.25) is 0 Å². The zero-order chi connectivity index (χ0) is 25.3. The number of phenolic OH excluding ortho intramolecular Hbond substituents is 1. The fourth-order valence-electron chi connectivity index (χ4n) is 5.44. The molecule has 0 spiro atoms. The number of benzene rings is 1. The summed E-state index contributed by atoms with van der Waals surface area (Å²) in [6, 6.07) is 6.37. The van der Waals surface area contributed by atoms with E-state index in [0.29, 0.717) is 32.1 Å². The Balaban J connectivity index is 1.74. The Bertz CT molecular complexity index is 971. The van der Waals surface area contributed by atoms with E-state index in [1.54, 1.807) is 24.3 Å². The molecule has 2 aliphatic rings. The molecule has 0 aromatic heterocycles. The van der Waals surface area contributed by atoms with Gasteiger partial charge in [-0.05, 0) is 77.5 Å². The second kappa shape index (κ2) is 9.95. The van der Waals surface area contributed by atoms with E-state index in [9.17, 15) is 28.3 Å². The Morgan fingerprint density at radius 3 is 2.12 bits per heavy atom. The fourth-order valence-corrected chi connectivity index (χ4v) is 6.93. The fraction of sp³-hybridized carbons (Fsp3) is 0.680. The van der Waals surface area contributed by atoms with Gasteiger partial charge in [0, 0.05) is 35.4 Å². The quantitative estimate of drug-likeness (QED) is 0.532. The summed E-state index contributed by atoms with van der Waals surface area (Å²) in [4.78, 5) is 26.7. The molecule has 0 saturated carbocycles. The maximum Gasteiger partial charge on any atom is 0.224 e. The molecule has 8 nitrogen and oxygen atoms in total. The second-order valence-electron chi connectivity index (χ2n) is 11.2. The molecule has 2 heterocycles. The van der Waals surface area contributed by atoms with Crippen molar-refractivity contribution >= 4 is 21.5 Å². The molecule has 9 heteroatoms.